The third-order valence-corrected chi connectivity index (χ3v) is 5.37. The maximum Gasteiger partial charge on any atom is 0.240 e. The van der Waals surface area contributed by atoms with Crippen LogP contribution in [0.25, 0.3) is 0 Å². The highest BCUT2D eigenvalue weighted by molar-refractivity contribution is 5.82. The van der Waals surface area contributed by atoms with E-state index in [9.17, 15) is 4.79 Å². The summed E-state index contributed by atoms with van der Waals surface area (Å²) in [6.07, 6.45) is 3.84. The molecule has 3 atom stereocenters. The fourth-order valence-electron chi connectivity index (χ4n) is 4.28. The van der Waals surface area contributed by atoms with Crippen LogP contribution in [-0.4, -0.2) is 61.0 Å². The Morgan fingerprint density at radius 1 is 1.05 bits per heavy atom. The second-order valence-corrected chi connectivity index (χ2v) is 7.21. The standard InChI is InChI=1S/C16H29N3O/c1-12(2)15(18-6-4-3-5-7-18)16(20)19-10-13-8-17-9-14(13)11-19/h12-15,17H,3-11H2,1-2H3/t13-,14+,15?. The number of likely N-dealkylation sites (tertiary alicyclic amines) is 2. The fraction of sp³-hybridized carbons (Fsp3) is 0.938. The Kier molecular flexibility index (Phi) is 4.32. The van der Waals surface area contributed by atoms with Gasteiger partial charge in [-0.1, -0.05) is 20.3 Å². The van der Waals surface area contributed by atoms with E-state index in [0.29, 0.717) is 23.7 Å². The van der Waals surface area contributed by atoms with Crippen molar-refractivity contribution in [2.75, 3.05) is 39.3 Å². The number of nitrogens with one attached hydrogen (secondary N) is 1. The number of fused-ring (bicyclic) bond motifs is 1. The highest BCUT2D eigenvalue weighted by atomic mass is 16.2. The summed E-state index contributed by atoms with van der Waals surface area (Å²) in [5.74, 6) is 2.22. The third kappa shape index (κ3) is 2.73. The molecule has 3 saturated heterocycles. The molecular weight excluding hydrogens is 250 g/mol. The first-order chi connectivity index (χ1) is 9.66. The molecule has 4 nitrogen and oxygen atoms in total. The van der Waals surface area contributed by atoms with Crippen LogP contribution in [0.2, 0.25) is 0 Å². The Morgan fingerprint density at radius 2 is 1.65 bits per heavy atom. The molecule has 3 fully saturated rings. The van der Waals surface area contributed by atoms with Crippen molar-refractivity contribution >= 4 is 5.91 Å². The minimum atomic E-state index is 0.113. The van der Waals surface area contributed by atoms with Crippen molar-refractivity contribution in [1.29, 1.82) is 0 Å². The average molecular weight is 279 g/mol. The van der Waals surface area contributed by atoms with Gasteiger partial charge in [0.15, 0.2) is 0 Å². The van der Waals surface area contributed by atoms with Gasteiger partial charge in [-0.25, -0.2) is 0 Å². The van der Waals surface area contributed by atoms with Gasteiger partial charge in [0.25, 0.3) is 0 Å². The summed E-state index contributed by atoms with van der Waals surface area (Å²) in [6, 6.07) is 0.113. The van der Waals surface area contributed by atoms with Crippen LogP contribution in [0.15, 0.2) is 0 Å². The van der Waals surface area contributed by atoms with Crippen molar-refractivity contribution in [2.24, 2.45) is 17.8 Å². The summed E-state index contributed by atoms with van der Waals surface area (Å²) in [6.45, 7) is 10.8. The molecule has 0 spiro atoms. The minimum absolute atomic E-state index is 0.113. The van der Waals surface area contributed by atoms with E-state index < -0.39 is 0 Å². The van der Waals surface area contributed by atoms with Crippen LogP contribution in [0, 0.1) is 17.8 Å². The van der Waals surface area contributed by atoms with Crippen LogP contribution in [0.5, 0.6) is 0 Å². The molecule has 3 rings (SSSR count). The Balaban J connectivity index is 1.66. The summed E-state index contributed by atoms with van der Waals surface area (Å²) < 4.78 is 0. The fourth-order valence-corrected chi connectivity index (χ4v) is 4.28. The molecule has 3 aliphatic rings. The molecule has 1 unspecified atom stereocenters. The largest absolute Gasteiger partial charge is 0.341 e. The molecule has 0 aromatic carbocycles. The van der Waals surface area contributed by atoms with Crippen molar-refractivity contribution in [3.63, 3.8) is 0 Å². The lowest BCUT2D eigenvalue weighted by molar-refractivity contribution is -0.138. The third-order valence-electron chi connectivity index (χ3n) is 5.37. The van der Waals surface area contributed by atoms with Crippen LogP contribution in [0.1, 0.15) is 33.1 Å². The highest BCUT2D eigenvalue weighted by Gasteiger charge is 2.41. The molecule has 0 bridgehead atoms. The van der Waals surface area contributed by atoms with Gasteiger partial charge in [-0.15, -0.1) is 0 Å². The normalized spacial score (nSPS) is 32.6. The number of carbonyl (C=O) groups excluding carboxylic acids is 1. The topological polar surface area (TPSA) is 35.6 Å². The zero-order chi connectivity index (χ0) is 14.1. The molecule has 3 aliphatic heterocycles. The van der Waals surface area contributed by atoms with Gasteiger partial charge >= 0.3 is 0 Å². The maximum absolute atomic E-state index is 13.0. The van der Waals surface area contributed by atoms with Gasteiger partial charge in [-0.05, 0) is 43.7 Å². The van der Waals surface area contributed by atoms with Crippen LogP contribution < -0.4 is 5.32 Å². The zero-order valence-electron chi connectivity index (χ0n) is 13.0. The van der Waals surface area contributed by atoms with Crippen LogP contribution in [0.4, 0.5) is 0 Å². The lowest BCUT2D eigenvalue weighted by atomic mass is 9.98. The van der Waals surface area contributed by atoms with Gasteiger partial charge in [0.05, 0.1) is 6.04 Å². The molecule has 0 aromatic heterocycles. The Hall–Kier alpha value is -0.610. The number of hydrogen-bond acceptors (Lipinski definition) is 3. The highest BCUT2D eigenvalue weighted by Crippen LogP contribution is 2.28. The summed E-state index contributed by atoms with van der Waals surface area (Å²) in [7, 11) is 0. The van der Waals surface area contributed by atoms with Gasteiger partial charge in [0.2, 0.25) is 5.91 Å². The van der Waals surface area contributed by atoms with E-state index in [2.05, 4.69) is 29.0 Å². The van der Waals surface area contributed by atoms with E-state index in [1.165, 1.54) is 19.3 Å². The van der Waals surface area contributed by atoms with Gasteiger partial charge in [-0.3, -0.25) is 9.69 Å². The SMILES string of the molecule is CC(C)C(C(=O)N1C[C@H]2CNC[C@H]2C1)N1CCCCC1. The monoisotopic (exact) mass is 279 g/mol. The van der Waals surface area contributed by atoms with Gasteiger partial charge in [0.1, 0.15) is 0 Å². The zero-order valence-corrected chi connectivity index (χ0v) is 13.0. The minimum Gasteiger partial charge on any atom is -0.341 e. The summed E-state index contributed by atoms with van der Waals surface area (Å²) >= 11 is 0. The number of rotatable bonds is 3. The molecule has 0 radical (unpaired) electrons. The molecule has 3 heterocycles. The van der Waals surface area contributed by atoms with Crippen molar-refractivity contribution in [3.05, 3.63) is 0 Å². The second-order valence-electron chi connectivity index (χ2n) is 7.21. The predicted octanol–water partition coefficient (Wildman–Crippen LogP) is 1.17. The molecular formula is C16H29N3O. The first-order valence-electron chi connectivity index (χ1n) is 8.40. The van der Waals surface area contributed by atoms with Crippen LogP contribution >= 0.6 is 0 Å². The van der Waals surface area contributed by atoms with E-state index in [0.717, 1.165) is 39.3 Å². The lowest BCUT2D eigenvalue weighted by Gasteiger charge is -2.38. The van der Waals surface area contributed by atoms with Gasteiger partial charge in [0, 0.05) is 26.2 Å². The first-order valence-corrected chi connectivity index (χ1v) is 8.40. The van der Waals surface area contributed by atoms with Crippen LogP contribution in [-0.2, 0) is 4.79 Å². The molecule has 1 amide bonds. The first kappa shape index (κ1) is 14.3. The van der Waals surface area contributed by atoms with E-state index in [1.807, 2.05) is 0 Å². The number of amides is 1. The van der Waals surface area contributed by atoms with Crippen molar-refractivity contribution in [1.82, 2.24) is 15.1 Å². The van der Waals surface area contributed by atoms with Crippen LogP contribution in [0.3, 0.4) is 0 Å². The summed E-state index contributed by atoms with van der Waals surface area (Å²) in [5.41, 5.74) is 0. The lowest BCUT2D eigenvalue weighted by Crippen LogP contribution is -2.52. The summed E-state index contributed by atoms with van der Waals surface area (Å²) in [5, 5.41) is 3.45. The summed E-state index contributed by atoms with van der Waals surface area (Å²) in [4.78, 5) is 17.6. The predicted molar refractivity (Wildman–Crippen MR) is 80.5 cm³/mol. The molecule has 1 N–H and O–H groups in total. The molecule has 0 aromatic rings. The van der Waals surface area contributed by atoms with E-state index in [-0.39, 0.29) is 6.04 Å². The number of carbonyl (C=O) groups is 1. The van der Waals surface area contributed by atoms with Crippen molar-refractivity contribution < 1.29 is 4.79 Å². The van der Waals surface area contributed by atoms with Crippen molar-refractivity contribution in [2.45, 2.75) is 39.2 Å². The number of hydrogen-bond donors (Lipinski definition) is 1. The van der Waals surface area contributed by atoms with Crippen molar-refractivity contribution in [3.8, 4) is 0 Å². The molecule has 0 saturated carbocycles. The molecule has 0 aliphatic carbocycles. The number of nitrogens with zero attached hydrogens (tertiary/aromatic N) is 2. The maximum atomic E-state index is 13.0. The average Bonchev–Trinajstić information content (AvgIpc) is 3.00. The Labute approximate surface area is 122 Å². The molecule has 114 valence electrons. The second kappa shape index (κ2) is 6.02. The Bertz CT molecular complexity index is 340. The quantitative estimate of drug-likeness (QED) is 0.842. The van der Waals surface area contributed by atoms with E-state index in [1.54, 1.807) is 0 Å². The van der Waals surface area contributed by atoms with Gasteiger partial charge in [-0.2, -0.15) is 0 Å². The number of piperidine rings is 1. The van der Waals surface area contributed by atoms with E-state index in [4.69, 9.17) is 0 Å². The van der Waals surface area contributed by atoms with Gasteiger partial charge < -0.3 is 10.2 Å². The smallest absolute Gasteiger partial charge is 0.240 e. The molecule has 20 heavy (non-hydrogen) atoms. The Morgan fingerprint density at radius 3 is 2.20 bits per heavy atom. The molecule has 4 heteroatoms. The van der Waals surface area contributed by atoms with E-state index >= 15 is 0 Å².